The van der Waals surface area contributed by atoms with Crippen molar-refractivity contribution >= 4 is 0 Å². The van der Waals surface area contributed by atoms with E-state index in [2.05, 4.69) is 116 Å². The molecular formula is C52H78. The van der Waals surface area contributed by atoms with Crippen molar-refractivity contribution < 1.29 is 0 Å². The highest BCUT2D eigenvalue weighted by Crippen LogP contribution is 2.59. The number of hydrogen-bond donors (Lipinski definition) is 0. The lowest BCUT2D eigenvalue weighted by Crippen LogP contribution is -2.32. The van der Waals surface area contributed by atoms with Gasteiger partial charge in [0.05, 0.1) is 0 Å². The molecule has 2 aromatic rings. The SMILES string of the molecule is C=CC(CCCCCC)CCC(C=C)C1(C)CCc2cc3c(c(CCCCCC)c21)-c1ccccc1C3(C)C(C=C)CCC(C=C)CCCCCC. The Kier molecular flexibility index (Phi) is 16.8. The summed E-state index contributed by atoms with van der Waals surface area (Å²) in [6.45, 7) is 29.7. The van der Waals surface area contributed by atoms with Crippen molar-refractivity contribution in [3.63, 3.8) is 0 Å². The Hall–Kier alpha value is -2.60. The number of fused-ring (bicyclic) bond motifs is 4. The van der Waals surface area contributed by atoms with Crippen molar-refractivity contribution in [3.05, 3.63) is 109 Å². The molecule has 0 N–H and O–H groups in total. The summed E-state index contributed by atoms with van der Waals surface area (Å²) in [4.78, 5) is 0. The fourth-order valence-electron chi connectivity index (χ4n) is 10.5. The fraction of sp³-hybridized carbons (Fsp3) is 0.615. The molecule has 0 heterocycles. The zero-order valence-electron chi connectivity index (χ0n) is 34.7. The van der Waals surface area contributed by atoms with Gasteiger partial charge in [0.25, 0.3) is 0 Å². The molecule has 0 bridgehead atoms. The average Bonchev–Trinajstić information content (AvgIpc) is 3.64. The van der Waals surface area contributed by atoms with Gasteiger partial charge in [-0.05, 0) is 132 Å². The lowest BCUT2D eigenvalue weighted by atomic mass is 9.65. The van der Waals surface area contributed by atoms with E-state index >= 15 is 0 Å². The molecular weight excluding hydrogens is 625 g/mol. The van der Waals surface area contributed by atoms with E-state index in [0.717, 1.165) is 6.42 Å². The maximum atomic E-state index is 4.53. The predicted octanol–water partition coefficient (Wildman–Crippen LogP) is 16.0. The van der Waals surface area contributed by atoms with E-state index in [1.165, 1.54) is 140 Å². The molecule has 0 amide bonds. The molecule has 0 saturated carbocycles. The van der Waals surface area contributed by atoms with Gasteiger partial charge in [0, 0.05) is 5.41 Å². The first-order chi connectivity index (χ1) is 25.3. The number of benzene rings is 2. The van der Waals surface area contributed by atoms with Crippen molar-refractivity contribution in [1.29, 1.82) is 0 Å². The van der Waals surface area contributed by atoms with E-state index in [-0.39, 0.29) is 10.8 Å². The number of unbranched alkanes of at least 4 members (excludes halogenated alkanes) is 9. The maximum absolute atomic E-state index is 4.53. The Morgan fingerprint density at radius 2 is 1.17 bits per heavy atom. The van der Waals surface area contributed by atoms with Crippen LogP contribution in [0.15, 0.2) is 81.0 Å². The molecule has 0 saturated heterocycles. The van der Waals surface area contributed by atoms with Crippen LogP contribution in [0.1, 0.15) is 184 Å². The Bertz CT molecular complexity index is 1440. The van der Waals surface area contributed by atoms with Crippen LogP contribution in [0.3, 0.4) is 0 Å². The quantitative estimate of drug-likeness (QED) is 0.0642. The summed E-state index contributed by atoms with van der Waals surface area (Å²) in [7, 11) is 0. The molecule has 286 valence electrons. The molecule has 0 aliphatic heterocycles. The van der Waals surface area contributed by atoms with Gasteiger partial charge in [-0.25, -0.2) is 0 Å². The van der Waals surface area contributed by atoms with Gasteiger partial charge < -0.3 is 0 Å². The van der Waals surface area contributed by atoms with Crippen LogP contribution in [0.2, 0.25) is 0 Å². The Balaban J connectivity index is 1.75. The van der Waals surface area contributed by atoms with Gasteiger partial charge >= 0.3 is 0 Å². The monoisotopic (exact) mass is 703 g/mol. The van der Waals surface area contributed by atoms with Crippen LogP contribution in [-0.4, -0.2) is 0 Å². The van der Waals surface area contributed by atoms with Crippen molar-refractivity contribution in [3.8, 4) is 11.1 Å². The molecule has 0 heteroatoms. The van der Waals surface area contributed by atoms with Gasteiger partial charge in [-0.1, -0.05) is 160 Å². The average molecular weight is 703 g/mol. The van der Waals surface area contributed by atoms with E-state index in [9.17, 15) is 0 Å². The second-order valence-electron chi connectivity index (χ2n) is 17.3. The Morgan fingerprint density at radius 1 is 0.615 bits per heavy atom. The Labute approximate surface area is 322 Å². The van der Waals surface area contributed by atoms with Crippen LogP contribution < -0.4 is 0 Å². The molecule has 52 heavy (non-hydrogen) atoms. The van der Waals surface area contributed by atoms with Crippen LogP contribution >= 0.6 is 0 Å². The molecule has 6 unspecified atom stereocenters. The highest BCUT2D eigenvalue weighted by atomic mass is 14.5. The topological polar surface area (TPSA) is 0 Å². The predicted molar refractivity (Wildman–Crippen MR) is 233 cm³/mol. The van der Waals surface area contributed by atoms with Crippen molar-refractivity contribution in [2.75, 3.05) is 0 Å². The zero-order chi connectivity index (χ0) is 37.6. The minimum absolute atomic E-state index is 0.0827. The fourth-order valence-corrected chi connectivity index (χ4v) is 10.5. The third-order valence-electron chi connectivity index (χ3n) is 13.9. The van der Waals surface area contributed by atoms with Crippen LogP contribution in [0.4, 0.5) is 0 Å². The first kappa shape index (κ1) is 42.1. The first-order valence-corrected chi connectivity index (χ1v) is 22.1. The third-order valence-corrected chi connectivity index (χ3v) is 13.9. The highest BCUT2D eigenvalue weighted by molar-refractivity contribution is 5.86. The molecule has 2 aromatic carbocycles. The summed E-state index contributed by atoms with van der Waals surface area (Å²) in [6, 6.07) is 12.2. The molecule has 0 radical (unpaired) electrons. The van der Waals surface area contributed by atoms with Crippen molar-refractivity contribution in [1.82, 2.24) is 0 Å². The molecule has 0 fully saturated rings. The second kappa shape index (κ2) is 20.7. The van der Waals surface area contributed by atoms with Gasteiger partial charge in [0.2, 0.25) is 0 Å². The smallest absolute Gasteiger partial charge is 0.0249 e. The Morgan fingerprint density at radius 3 is 1.73 bits per heavy atom. The standard InChI is InChI=1S/C52H78/c1-10-17-20-23-28-40(13-4)33-35-43(15-6)51(8)38-37-42-39-48-49(46(50(42)51)31-25-22-19-12-3)45-30-26-27-32-47(45)52(48,9)44(16-7)36-34-41(14-5)29-24-21-18-11-2/h13-16,26-27,30,32,39-41,43-44H,4-7,10-12,17-25,28-29,31,33-38H2,1-3,8-9H3. The first-order valence-electron chi connectivity index (χ1n) is 22.1. The van der Waals surface area contributed by atoms with Gasteiger partial charge in [-0.15, -0.1) is 26.3 Å². The molecule has 0 aromatic heterocycles. The van der Waals surface area contributed by atoms with Gasteiger partial charge in [0.15, 0.2) is 0 Å². The summed E-state index contributed by atoms with van der Waals surface area (Å²) in [5, 5.41) is 0. The summed E-state index contributed by atoms with van der Waals surface area (Å²) in [5.74, 6) is 2.04. The molecule has 0 nitrogen and oxygen atoms in total. The van der Waals surface area contributed by atoms with Crippen LogP contribution in [-0.2, 0) is 23.7 Å². The minimum Gasteiger partial charge on any atom is -0.103 e. The largest absolute Gasteiger partial charge is 0.103 e. The summed E-state index contributed by atoms with van der Waals surface area (Å²) in [6.07, 6.45) is 35.8. The number of aryl methyl sites for hydroxylation is 1. The molecule has 0 spiro atoms. The van der Waals surface area contributed by atoms with E-state index in [4.69, 9.17) is 0 Å². The zero-order valence-corrected chi connectivity index (χ0v) is 34.7. The number of allylic oxidation sites excluding steroid dienone is 4. The number of rotatable bonds is 27. The second-order valence-corrected chi connectivity index (χ2v) is 17.3. The maximum Gasteiger partial charge on any atom is 0.0249 e. The lowest BCUT2D eigenvalue weighted by molar-refractivity contribution is 0.306. The summed E-state index contributed by atoms with van der Waals surface area (Å²) >= 11 is 0. The van der Waals surface area contributed by atoms with E-state index in [0.29, 0.717) is 23.7 Å². The van der Waals surface area contributed by atoms with Gasteiger partial charge in [0.1, 0.15) is 0 Å². The normalized spacial score (nSPS) is 21.1. The molecule has 2 aliphatic carbocycles. The van der Waals surface area contributed by atoms with Crippen LogP contribution in [0.5, 0.6) is 0 Å². The molecule has 2 aliphatic rings. The molecule has 6 atom stereocenters. The summed E-state index contributed by atoms with van der Waals surface area (Å²) < 4.78 is 0. The van der Waals surface area contributed by atoms with E-state index < -0.39 is 0 Å². The van der Waals surface area contributed by atoms with Crippen LogP contribution in [0.25, 0.3) is 11.1 Å². The highest BCUT2D eigenvalue weighted by Gasteiger charge is 2.49. The van der Waals surface area contributed by atoms with E-state index in [1.54, 1.807) is 27.8 Å². The minimum atomic E-state index is -0.0827. The number of hydrogen-bond acceptors (Lipinski definition) is 0. The van der Waals surface area contributed by atoms with Crippen molar-refractivity contribution in [2.24, 2.45) is 23.7 Å². The van der Waals surface area contributed by atoms with Crippen molar-refractivity contribution in [2.45, 2.75) is 180 Å². The summed E-state index contributed by atoms with van der Waals surface area (Å²) in [5.41, 5.74) is 11.2. The van der Waals surface area contributed by atoms with Gasteiger partial charge in [-0.2, -0.15) is 0 Å². The van der Waals surface area contributed by atoms with Crippen LogP contribution in [0, 0.1) is 23.7 Å². The third kappa shape index (κ3) is 9.36. The lowest BCUT2D eigenvalue weighted by Gasteiger charge is -2.38. The van der Waals surface area contributed by atoms with E-state index in [1.807, 2.05) is 0 Å². The molecule has 4 rings (SSSR count). The van der Waals surface area contributed by atoms with Gasteiger partial charge in [-0.3, -0.25) is 0 Å².